The van der Waals surface area contributed by atoms with Gasteiger partial charge in [0, 0.05) is 16.7 Å². The first-order valence-corrected chi connectivity index (χ1v) is 11.7. The van der Waals surface area contributed by atoms with E-state index >= 15 is 0 Å². The van der Waals surface area contributed by atoms with E-state index in [9.17, 15) is 14.4 Å². The zero-order valence-corrected chi connectivity index (χ0v) is 19.2. The molecule has 4 aliphatic carbocycles. The number of ketones is 1. The Morgan fingerprint density at radius 3 is 2.13 bits per heavy atom. The van der Waals surface area contributed by atoms with Gasteiger partial charge in [-0.15, -0.1) is 0 Å². The molecule has 6 heteroatoms. The number of hydrogen-bond acceptors (Lipinski definition) is 4. The maximum atomic E-state index is 13.4. The van der Waals surface area contributed by atoms with Gasteiger partial charge in [-0.1, -0.05) is 13.8 Å². The average molecular weight is 426 g/mol. The molecule has 4 bridgehead atoms. The molecule has 168 valence electrons. The van der Waals surface area contributed by atoms with E-state index in [4.69, 9.17) is 0 Å². The van der Waals surface area contributed by atoms with Gasteiger partial charge < -0.3 is 10.6 Å². The van der Waals surface area contributed by atoms with Crippen molar-refractivity contribution < 1.29 is 14.4 Å². The molecule has 0 saturated heterocycles. The molecule has 31 heavy (non-hydrogen) atoms. The SMILES string of the molecule is CC(=O)c1ccc(CNC(=O)[C@@H](NC(=O)C23CC4CC(CC(C4)C2)C3)C(C)C)nc1C. The first-order chi connectivity index (χ1) is 14.7. The molecule has 1 heterocycles. The van der Waals surface area contributed by atoms with Crippen LogP contribution in [0.4, 0.5) is 0 Å². The quantitative estimate of drug-likeness (QED) is 0.654. The third-order valence-electron chi connectivity index (χ3n) is 7.72. The summed E-state index contributed by atoms with van der Waals surface area (Å²) in [6.45, 7) is 7.52. The minimum Gasteiger partial charge on any atom is -0.349 e. The highest BCUT2D eigenvalue weighted by Crippen LogP contribution is 2.60. The van der Waals surface area contributed by atoms with Crippen LogP contribution in [0.5, 0.6) is 0 Å². The number of nitrogens with one attached hydrogen (secondary N) is 2. The summed E-state index contributed by atoms with van der Waals surface area (Å²) < 4.78 is 0. The van der Waals surface area contributed by atoms with Gasteiger partial charge in [0.1, 0.15) is 6.04 Å². The van der Waals surface area contributed by atoms with Gasteiger partial charge in [-0.2, -0.15) is 0 Å². The van der Waals surface area contributed by atoms with Gasteiger partial charge in [0.15, 0.2) is 5.78 Å². The van der Waals surface area contributed by atoms with Crippen LogP contribution in [0.1, 0.15) is 81.0 Å². The Bertz CT molecular complexity index is 857. The standard InChI is InChI=1S/C25H35N3O3/c1-14(2)22(23(30)26-13-20-5-6-21(16(4)29)15(3)27-20)28-24(31)25-10-17-7-18(11-25)9-19(8-17)12-25/h5-6,14,17-19,22H,7-13H2,1-4H3,(H,26,30)(H,28,31)/t17?,18?,19?,22-,25?/m0/s1. The summed E-state index contributed by atoms with van der Waals surface area (Å²) in [5, 5.41) is 6.06. The Kier molecular flexibility index (Phi) is 5.93. The smallest absolute Gasteiger partial charge is 0.243 e. The minimum absolute atomic E-state index is 0.00681. The van der Waals surface area contributed by atoms with Crippen molar-refractivity contribution in [3.8, 4) is 0 Å². The summed E-state index contributed by atoms with van der Waals surface area (Å²) in [6.07, 6.45) is 6.83. The minimum atomic E-state index is -0.557. The molecule has 0 unspecified atom stereocenters. The Balaban J connectivity index is 1.39. The molecule has 4 fully saturated rings. The van der Waals surface area contributed by atoms with Gasteiger partial charge in [-0.3, -0.25) is 19.4 Å². The lowest BCUT2D eigenvalue weighted by atomic mass is 9.49. The molecule has 2 N–H and O–H groups in total. The number of carbonyl (C=O) groups is 3. The summed E-state index contributed by atoms with van der Waals surface area (Å²) in [7, 11) is 0. The normalized spacial score (nSPS) is 29.6. The number of amides is 2. The van der Waals surface area contributed by atoms with E-state index in [-0.39, 0.29) is 35.5 Å². The zero-order valence-electron chi connectivity index (χ0n) is 19.2. The number of hydrogen-bond donors (Lipinski definition) is 2. The van der Waals surface area contributed by atoms with Crippen LogP contribution in [0.2, 0.25) is 0 Å². The number of carbonyl (C=O) groups excluding carboxylic acids is 3. The van der Waals surface area contributed by atoms with E-state index in [1.54, 1.807) is 19.1 Å². The van der Waals surface area contributed by atoms with Crippen LogP contribution in [-0.4, -0.2) is 28.6 Å². The van der Waals surface area contributed by atoms with E-state index in [0.717, 1.165) is 19.3 Å². The van der Waals surface area contributed by atoms with E-state index in [1.807, 2.05) is 13.8 Å². The fourth-order valence-corrected chi connectivity index (χ4v) is 6.59. The number of rotatable bonds is 7. The molecule has 5 rings (SSSR count). The molecule has 0 spiro atoms. The molecule has 0 radical (unpaired) electrons. The van der Waals surface area contributed by atoms with Crippen molar-refractivity contribution in [2.75, 3.05) is 0 Å². The molecule has 0 aromatic carbocycles. The molecule has 1 aromatic rings. The molecule has 0 aliphatic heterocycles. The van der Waals surface area contributed by atoms with E-state index in [1.165, 1.54) is 26.2 Å². The largest absolute Gasteiger partial charge is 0.349 e. The van der Waals surface area contributed by atoms with Crippen molar-refractivity contribution in [3.05, 3.63) is 29.1 Å². The summed E-state index contributed by atoms with van der Waals surface area (Å²) >= 11 is 0. The second-order valence-corrected chi connectivity index (χ2v) is 10.6. The second kappa shape index (κ2) is 8.36. The third-order valence-corrected chi connectivity index (χ3v) is 7.72. The van der Waals surface area contributed by atoms with Gasteiger partial charge in [-0.05, 0) is 88.2 Å². The molecule has 2 amide bonds. The Morgan fingerprint density at radius 1 is 1.06 bits per heavy atom. The van der Waals surface area contributed by atoms with E-state index in [0.29, 0.717) is 34.7 Å². The first kappa shape index (κ1) is 22.0. The average Bonchev–Trinajstić information content (AvgIpc) is 2.68. The lowest BCUT2D eigenvalue weighted by molar-refractivity contribution is -0.149. The van der Waals surface area contributed by atoms with Crippen molar-refractivity contribution >= 4 is 17.6 Å². The van der Waals surface area contributed by atoms with Crippen molar-refractivity contribution in [3.63, 3.8) is 0 Å². The van der Waals surface area contributed by atoms with Crippen molar-refractivity contribution in [2.45, 2.75) is 78.8 Å². The Labute approximate surface area is 185 Å². The molecule has 6 nitrogen and oxygen atoms in total. The van der Waals surface area contributed by atoms with Gasteiger partial charge in [-0.25, -0.2) is 0 Å². The lowest BCUT2D eigenvalue weighted by Crippen LogP contribution is -2.58. The molecule has 1 aromatic heterocycles. The van der Waals surface area contributed by atoms with Crippen molar-refractivity contribution in [2.24, 2.45) is 29.1 Å². The fraction of sp³-hybridized carbons (Fsp3) is 0.680. The first-order valence-electron chi connectivity index (χ1n) is 11.7. The number of Topliss-reactive ketones (excluding diaryl/α,β-unsaturated/α-hetero) is 1. The van der Waals surface area contributed by atoms with Crippen LogP contribution in [0.3, 0.4) is 0 Å². The highest BCUT2D eigenvalue weighted by molar-refractivity contribution is 5.95. The summed E-state index contributed by atoms with van der Waals surface area (Å²) in [6, 6.07) is 2.96. The predicted molar refractivity (Wildman–Crippen MR) is 118 cm³/mol. The highest BCUT2D eigenvalue weighted by atomic mass is 16.2. The third kappa shape index (κ3) is 4.39. The van der Waals surface area contributed by atoms with Gasteiger partial charge in [0.2, 0.25) is 11.8 Å². The summed E-state index contributed by atoms with van der Waals surface area (Å²) in [5.41, 5.74) is 1.70. The van der Waals surface area contributed by atoms with E-state index in [2.05, 4.69) is 15.6 Å². The maximum Gasteiger partial charge on any atom is 0.243 e. The number of nitrogens with zero attached hydrogens (tertiary/aromatic N) is 1. The van der Waals surface area contributed by atoms with Gasteiger partial charge in [0.05, 0.1) is 12.2 Å². The Morgan fingerprint density at radius 2 is 1.65 bits per heavy atom. The second-order valence-electron chi connectivity index (χ2n) is 10.6. The van der Waals surface area contributed by atoms with Crippen molar-refractivity contribution in [1.29, 1.82) is 0 Å². The molecular weight excluding hydrogens is 390 g/mol. The van der Waals surface area contributed by atoms with Crippen LogP contribution in [0.25, 0.3) is 0 Å². The maximum absolute atomic E-state index is 13.4. The fourth-order valence-electron chi connectivity index (χ4n) is 6.59. The Hall–Kier alpha value is -2.24. The molecule has 4 aliphatic rings. The van der Waals surface area contributed by atoms with Crippen LogP contribution in [-0.2, 0) is 16.1 Å². The topological polar surface area (TPSA) is 88.2 Å². The van der Waals surface area contributed by atoms with Gasteiger partial charge >= 0.3 is 0 Å². The summed E-state index contributed by atoms with van der Waals surface area (Å²) in [5.74, 6) is 1.95. The van der Waals surface area contributed by atoms with Crippen LogP contribution < -0.4 is 10.6 Å². The van der Waals surface area contributed by atoms with Crippen molar-refractivity contribution in [1.82, 2.24) is 15.6 Å². The zero-order chi connectivity index (χ0) is 22.3. The van der Waals surface area contributed by atoms with Crippen LogP contribution >= 0.6 is 0 Å². The molecular formula is C25H35N3O3. The number of aryl methyl sites for hydroxylation is 1. The predicted octanol–water partition coefficient (Wildman–Crippen LogP) is 3.57. The summed E-state index contributed by atoms with van der Waals surface area (Å²) in [4.78, 5) is 42.4. The number of aromatic nitrogens is 1. The van der Waals surface area contributed by atoms with Gasteiger partial charge in [0.25, 0.3) is 0 Å². The number of pyridine rings is 1. The monoisotopic (exact) mass is 425 g/mol. The molecule has 1 atom stereocenters. The van der Waals surface area contributed by atoms with Crippen LogP contribution in [0.15, 0.2) is 12.1 Å². The van der Waals surface area contributed by atoms with Crippen LogP contribution in [0, 0.1) is 36.0 Å². The van der Waals surface area contributed by atoms with E-state index < -0.39 is 6.04 Å². The lowest BCUT2D eigenvalue weighted by Gasteiger charge is -2.55. The molecule has 4 saturated carbocycles. The highest BCUT2D eigenvalue weighted by Gasteiger charge is 2.55.